The van der Waals surface area contributed by atoms with Gasteiger partial charge >= 0.3 is 0 Å². The minimum absolute atomic E-state index is 0.904. The Bertz CT molecular complexity index is 628. The normalized spacial score (nSPS) is 29.5. The molecule has 1 unspecified atom stereocenters. The molecule has 0 amide bonds. The molecule has 1 N–H and O–H groups in total. The van der Waals surface area contributed by atoms with Gasteiger partial charge in [0, 0.05) is 36.2 Å². The summed E-state index contributed by atoms with van der Waals surface area (Å²) in [4.78, 5) is 6.43. The van der Waals surface area contributed by atoms with E-state index in [0.29, 0.717) is 0 Å². The third kappa shape index (κ3) is 2.50. The van der Waals surface area contributed by atoms with Crippen LogP contribution in [-0.2, 0) is 12.8 Å². The smallest absolute Gasteiger partial charge is 0.0458 e. The Balaban J connectivity index is 1.66. The van der Waals surface area contributed by atoms with E-state index in [9.17, 15) is 0 Å². The number of aromatic amines is 1. The highest BCUT2D eigenvalue weighted by Gasteiger charge is 2.28. The van der Waals surface area contributed by atoms with Crippen molar-refractivity contribution in [2.24, 2.45) is 11.8 Å². The number of rotatable bonds is 1. The fourth-order valence-corrected chi connectivity index (χ4v) is 4.49. The predicted octanol–water partition coefficient (Wildman–Crippen LogP) is 4.00. The summed E-state index contributed by atoms with van der Waals surface area (Å²) in [6.07, 6.45) is 6.60. The van der Waals surface area contributed by atoms with E-state index in [4.69, 9.17) is 0 Å². The molecule has 0 radical (unpaired) electrons. The first kappa shape index (κ1) is 13.4. The second-order valence-electron chi connectivity index (χ2n) is 7.05. The molecule has 1 aromatic heterocycles. The van der Waals surface area contributed by atoms with Gasteiger partial charge in [-0.2, -0.15) is 0 Å². The van der Waals surface area contributed by atoms with Gasteiger partial charge in [0.15, 0.2) is 0 Å². The highest BCUT2D eigenvalue weighted by Crippen LogP contribution is 2.32. The van der Waals surface area contributed by atoms with Crippen LogP contribution in [0.15, 0.2) is 24.3 Å². The van der Waals surface area contributed by atoms with E-state index in [-0.39, 0.29) is 0 Å². The van der Waals surface area contributed by atoms with E-state index in [1.165, 1.54) is 68.3 Å². The molecule has 112 valence electrons. The number of benzene rings is 1. The van der Waals surface area contributed by atoms with Crippen molar-refractivity contribution < 1.29 is 0 Å². The lowest BCUT2D eigenvalue weighted by Crippen LogP contribution is -2.41. The quantitative estimate of drug-likeness (QED) is 0.837. The first-order valence-electron chi connectivity index (χ1n) is 8.64. The van der Waals surface area contributed by atoms with Gasteiger partial charge in [0.1, 0.15) is 0 Å². The Morgan fingerprint density at radius 2 is 2.10 bits per heavy atom. The van der Waals surface area contributed by atoms with Gasteiger partial charge < -0.3 is 9.88 Å². The molecule has 2 bridgehead atoms. The maximum Gasteiger partial charge on any atom is 0.0458 e. The number of fused-ring (bicyclic) bond motifs is 5. The molecule has 0 spiro atoms. The highest BCUT2D eigenvalue weighted by molar-refractivity contribution is 5.84. The van der Waals surface area contributed by atoms with E-state index in [0.717, 1.165) is 11.8 Å². The molecule has 1 aromatic carbocycles. The van der Waals surface area contributed by atoms with Crippen LogP contribution < -0.4 is 0 Å². The average Bonchev–Trinajstić information content (AvgIpc) is 2.89. The minimum atomic E-state index is 0.904. The Kier molecular flexibility index (Phi) is 3.50. The van der Waals surface area contributed by atoms with Crippen molar-refractivity contribution >= 4 is 10.9 Å². The van der Waals surface area contributed by atoms with Gasteiger partial charge in [0.25, 0.3) is 0 Å². The SMILES string of the molecule is CC[C@@H]1C[C@@H]2CCc3[nH]c4ccccc4c3CCN(C1)C2. The summed E-state index contributed by atoms with van der Waals surface area (Å²) in [7, 11) is 0. The van der Waals surface area contributed by atoms with Crippen LogP contribution in [0.3, 0.4) is 0 Å². The molecule has 2 nitrogen and oxygen atoms in total. The third-order valence-corrected chi connectivity index (χ3v) is 5.66. The van der Waals surface area contributed by atoms with Crippen LogP contribution in [0.5, 0.6) is 0 Å². The fraction of sp³-hybridized carbons (Fsp3) is 0.579. The van der Waals surface area contributed by atoms with Crippen molar-refractivity contribution in [2.45, 2.75) is 39.0 Å². The molecular formula is C19H26N2. The van der Waals surface area contributed by atoms with E-state index < -0.39 is 0 Å². The largest absolute Gasteiger partial charge is 0.358 e. The van der Waals surface area contributed by atoms with Crippen molar-refractivity contribution in [3.05, 3.63) is 35.5 Å². The maximum absolute atomic E-state index is 3.70. The highest BCUT2D eigenvalue weighted by atomic mass is 15.1. The monoisotopic (exact) mass is 282 g/mol. The van der Waals surface area contributed by atoms with Crippen molar-refractivity contribution in [3.8, 4) is 0 Å². The molecular weight excluding hydrogens is 256 g/mol. The van der Waals surface area contributed by atoms with E-state index in [2.05, 4.69) is 41.1 Å². The number of hydrogen-bond donors (Lipinski definition) is 1. The van der Waals surface area contributed by atoms with Crippen LogP contribution in [0.2, 0.25) is 0 Å². The zero-order valence-corrected chi connectivity index (χ0v) is 13.1. The fourth-order valence-electron chi connectivity index (χ4n) is 4.49. The summed E-state index contributed by atoms with van der Waals surface area (Å²) in [5.41, 5.74) is 4.43. The molecule has 1 saturated heterocycles. The van der Waals surface area contributed by atoms with Gasteiger partial charge in [-0.15, -0.1) is 0 Å². The number of nitrogens with zero attached hydrogens (tertiary/aromatic N) is 1. The molecule has 2 heteroatoms. The van der Waals surface area contributed by atoms with Crippen molar-refractivity contribution in [1.29, 1.82) is 0 Å². The molecule has 1 fully saturated rings. The van der Waals surface area contributed by atoms with Gasteiger partial charge in [-0.1, -0.05) is 31.5 Å². The van der Waals surface area contributed by atoms with Gasteiger partial charge in [-0.05, 0) is 49.1 Å². The predicted molar refractivity (Wildman–Crippen MR) is 88.7 cm³/mol. The van der Waals surface area contributed by atoms with Crippen LogP contribution in [0, 0.1) is 11.8 Å². The van der Waals surface area contributed by atoms with Gasteiger partial charge in [-0.3, -0.25) is 0 Å². The zero-order chi connectivity index (χ0) is 14.2. The zero-order valence-electron chi connectivity index (χ0n) is 13.1. The lowest BCUT2D eigenvalue weighted by atomic mass is 9.85. The number of aryl methyl sites for hydroxylation is 1. The Labute approximate surface area is 127 Å². The minimum Gasteiger partial charge on any atom is -0.358 e. The Hall–Kier alpha value is -1.28. The number of piperidine rings is 1. The number of hydrogen-bond acceptors (Lipinski definition) is 1. The Morgan fingerprint density at radius 3 is 3.00 bits per heavy atom. The standard InChI is InChI=1S/C19H26N2/c1-2-14-11-15-7-8-19-17(9-10-21(12-14)13-15)16-5-3-4-6-18(16)20-19/h3-6,14-15,20H,2,7-13H2,1H3/t14-,15+/m1/s1. The lowest BCUT2D eigenvalue weighted by Gasteiger charge is -2.37. The Morgan fingerprint density at radius 1 is 1.19 bits per heavy atom. The van der Waals surface area contributed by atoms with Gasteiger partial charge in [0.05, 0.1) is 0 Å². The van der Waals surface area contributed by atoms with Crippen LogP contribution in [0.4, 0.5) is 0 Å². The summed E-state index contributed by atoms with van der Waals surface area (Å²) in [6, 6.07) is 8.83. The second-order valence-corrected chi connectivity index (χ2v) is 7.05. The van der Waals surface area contributed by atoms with E-state index in [1.54, 1.807) is 5.56 Å². The number of nitrogens with one attached hydrogen (secondary N) is 1. The summed E-state index contributed by atoms with van der Waals surface area (Å²) in [6.45, 7) is 6.26. The molecule has 2 aliphatic rings. The molecule has 21 heavy (non-hydrogen) atoms. The summed E-state index contributed by atoms with van der Waals surface area (Å²) >= 11 is 0. The number of aromatic nitrogens is 1. The van der Waals surface area contributed by atoms with E-state index in [1.807, 2.05) is 0 Å². The lowest BCUT2D eigenvalue weighted by molar-refractivity contribution is 0.120. The first-order valence-corrected chi connectivity index (χ1v) is 8.64. The molecule has 4 rings (SSSR count). The number of H-pyrrole nitrogens is 1. The average molecular weight is 282 g/mol. The van der Waals surface area contributed by atoms with Crippen molar-refractivity contribution in [3.63, 3.8) is 0 Å². The van der Waals surface area contributed by atoms with E-state index >= 15 is 0 Å². The summed E-state index contributed by atoms with van der Waals surface area (Å²) in [5, 5.41) is 1.46. The third-order valence-electron chi connectivity index (χ3n) is 5.66. The van der Waals surface area contributed by atoms with Crippen LogP contribution in [0.1, 0.15) is 37.4 Å². The number of para-hydroxylation sites is 1. The maximum atomic E-state index is 3.70. The molecule has 0 saturated carbocycles. The molecule has 3 atom stereocenters. The molecule has 0 aliphatic carbocycles. The first-order chi connectivity index (χ1) is 10.3. The summed E-state index contributed by atoms with van der Waals surface area (Å²) in [5.74, 6) is 1.83. The van der Waals surface area contributed by atoms with Crippen LogP contribution >= 0.6 is 0 Å². The summed E-state index contributed by atoms with van der Waals surface area (Å²) < 4.78 is 0. The molecule has 2 aromatic rings. The molecule has 2 aliphatic heterocycles. The van der Waals surface area contributed by atoms with Crippen LogP contribution in [-0.4, -0.2) is 29.5 Å². The second kappa shape index (κ2) is 5.49. The topological polar surface area (TPSA) is 19.0 Å². The molecule has 3 heterocycles. The van der Waals surface area contributed by atoms with Crippen molar-refractivity contribution in [1.82, 2.24) is 9.88 Å². The van der Waals surface area contributed by atoms with Crippen LogP contribution in [0.25, 0.3) is 10.9 Å². The van der Waals surface area contributed by atoms with Gasteiger partial charge in [0.2, 0.25) is 0 Å². The van der Waals surface area contributed by atoms with Gasteiger partial charge in [-0.25, -0.2) is 0 Å². The van der Waals surface area contributed by atoms with Crippen molar-refractivity contribution in [2.75, 3.05) is 19.6 Å².